The summed E-state index contributed by atoms with van der Waals surface area (Å²) >= 11 is 0. The molecule has 126 valence electrons. The van der Waals surface area contributed by atoms with Gasteiger partial charge in [-0.1, -0.05) is 48.5 Å². The highest BCUT2D eigenvalue weighted by Crippen LogP contribution is 2.38. The lowest BCUT2D eigenvalue weighted by atomic mass is 9.93. The van der Waals surface area contributed by atoms with E-state index in [1.54, 1.807) is 23.1 Å². The predicted octanol–water partition coefficient (Wildman–Crippen LogP) is 3.48. The monoisotopic (exact) mass is 328 g/mol. The van der Waals surface area contributed by atoms with E-state index in [2.05, 4.69) is 0 Å². The summed E-state index contributed by atoms with van der Waals surface area (Å²) in [5.41, 5.74) is 7.26. The molecule has 0 aromatic heterocycles. The Hall–Kier alpha value is -2.40. The van der Waals surface area contributed by atoms with E-state index in [0.29, 0.717) is 18.7 Å². The van der Waals surface area contributed by atoms with Gasteiger partial charge in [0.05, 0.1) is 6.04 Å². The van der Waals surface area contributed by atoms with E-state index in [1.807, 2.05) is 30.3 Å². The van der Waals surface area contributed by atoms with Crippen LogP contribution in [0.1, 0.15) is 23.6 Å². The molecule has 2 aromatic rings. The van der Waals surface area contributed by atoms with Crippen molar-refractivity contribution in [3.05, 3.63) is 71.5 Å². The minimum Gasteiger partial charge on any atom is -0.445 e. The van der Waals surface area contributed by atoms with Crippen LogP contribution in [0.25, 0.3) is 0 Å². The molecule has 1 saturated heterocycles. The maximum absolute atomic E-state index is 14.2. The SMILES string of the molecule is NCC1CCN(C(=O)OCc2ccccc2)C1c1ccccc1F. The van der Waals surface area contributed by atoms with Gasteiger partial charge in [0.25, 0.3) is 0 Å². The first-order valence-electron chi connectivity index (χ1n) is 8.12. The Kier molecular flexibility index (Phi) is 5.11. The summed E-state index contributed by atoms with van der Waals surface area (Å²) in [6.07, 6.45) is 0.318. The molecule has 4 nitrogen and oxygen atoms in total. The van der Waals surface area contributed by atoms with Crippen molar-refractivity contribution in [1.82, 2.24) is 4.90 Å². The number of ether oxygens (including phenoxy) is 1. The summed E-state index contributed by atoms with van der Waals surface area (Å²) in [6, 6.07) is 15.7. The molecule has 0 radical (unpaired) electrons. The fourth-order valence-corrected chi connectivity index (χ4v) is 3.25. The zero-order chi connectivity index (χ0) is 16.9. The number of rotatable bonds is 4. The van der Waals surface area contributed by atoms with Gasteiger partial charge < -0.3 is 15.4 Å². The van der Waals surface area contributed by atoms with Crippen molar-refractivity contribution in [2.24, 2.45) is 11.7 Å². The molecule has 0 spiro atoms. The lowest BCUT2D eigenvalue weighted by Crippen LogP contribution is -2.34. The summed E-state index contributed by atoms with van der Waals surface area (Å²) in [6.45, 7) is 1.13. The molecule has 1 heterocycles. The smallest absolute Gasteiger partial charge is 0.410 e. The zero-order valence-corrected chi connectivity index (χ0v) is 13.4. The fraction of sp³-hybridized carbons (Fsp3) is 0.316. The molecule has 1 fully saturated rings. The quantitative estimate of drug-likeness (QED) is 0.935. The van der Waals surface area contributed by atoms with Crippen molar-refractivity contribution < 1.29 is 13.9 Å². The lowest BCUT2D eigenvalue weighted by molar-refractivity contribution is 0.0879. The number of hydrogen-bond donors (Lipinski definition) is 1. The van der Waals surface area contributed by atoms with Gasteiger partial charge in [-0.05, 0) is 30.5 Å². The van der Waals surface area contributed by atoms with E-state index in [9.17, 15) is 9.18 Å². The normalized spacial score (nSPS) is 20.2. The van der Waals surface area contributed by atoms with Crippen LogP contribution in [-0.2, 0) is 11.3 Å². The number of nitrogens with zero attached hydrogens (tertiary/aromatic N) is 1. The van der Waals surface area contributed by atoms with Crippen molar-refractivity contribution in [3.8, 4) is 0 Å². The van der Waals surface area contributed by atoms with Crippen molar-refractivity contribution in [2.45, 2.75) is 19.1 Å². The van der Waals surface area contributed by atoms with Gasteiger partial charge in [-0.2, -0.15) is 0 Å². The Morgan fingerprint density at radius 1 is 1.17 bits per heavy atom. The molecule has 2 aromatic carbocycles. The molecule has 3 rings (SSSR count). The maximum Gasteiger partial charge on any atom is 0.410 e. The number of carbonyl (C=O) groups excluding carboxylic acids is 1. The van der Waals surface area contributed by atoms with Crippen LogP contribution in [0.15, 0.2) is 54.6 Å². The molecule has 0 aliphatic carbocycles. The van der Waals surface area contributed by atoms with Gasteiger partial charge in [0.1, 0.15) is 12.4 Å². The lowest BCUT2D eigenvalue weighted by Gasteiger charge is -2.28. The average molecular weight is 328 g/mol. The molecular formula is C19H21FN2O2. The highest BCUT2D eigenvalue weighted by molar-refractivity contribution is 5.69. The number of likely N-dealkylation sites (tertiary alicyclic amines) is 1. The van der Waals surface area contributed by atoms with Crippen LogP contribution >= 0.6 is 0 Å². The first-order valence-corrected chi connectivity index (χ1v) is 8.12. The van der Waals surface area contributed by atoms with Crippen molar-refractivity contribution in [1.29, 1.82) is 0 Å². The third-order valence-electron chi connectivity index (χ3n) is 4.49. The Labute approximate surface area is 141 Å². The van der Waals surface area contributed by atoms with Gasteiger partial charge in [-0.15, -0.1) is 0 Å². The van der Waals surface area contributed by atoms with Gasteiger partial charge >= 0.3 is 6.09 Å². The molecule has 0 bridgehead atoms. The van der Waals surface area contributed by atoms with E-state index >= 15 is 0 Å². The van der Waals surface area contributed by atoms with E-state index in [0.717, 1.165) is 12.0 Å². The highest BCUT2D eigenvalue weighted by atomic mass is 19.1. The van der Waals surface area contributed by atoms with Crippen LogP contribution < -0.4 is 5.73 Å². The number of halogens is 1. The number of carbonyl (C=O) groups is 1. The standard InChI is InChI=1S/C19H21FN2O2/c20-17-9-5-4-8-16(17)18-15(12-21)10-11-22(18)19(23)24-13-14-6-2-1-3-7-14/h1-9,15,18H,10-13,21H2. The van der Waals surface area contributed by atoms with Gasteiger partial charge in [0, 0.05) is 12.1 Å². The number of hydrogen-bond acceptors (Lipinski definition) is 3. The van der Waals surface area contributed by atoms with Crippen LogP contribution in [0.3, 0.4) is 0 Å². The summed E-state index contributed by atoms with van der Waals surface area (Å²) in [5, 5.41) is 0. The molecule has 1 amide bonds. The average Bonchev–Trinajstić information content (AvgIpc) is 3.05. The van der Waals surface area contributed by atoms with Crippen LogP contribution in [0, 0.1) is 11.7 Å². The molecule has 1 aliphatic heterocycles. The van der Waals surface area contributed by atoms with Crippen LogP contribution in [-0.4, -0.2) is 24.1 Å². The van der Waals surface area contributed by atoms with Gasteiger partial charge in [-0.3, -0.25) is 0 Å². The Balaban J connectivity index is 1.75. The molecular weight excluding hydrogens is 307 g/mol. The van der Waals surface area contributed by atoms with Gasteiger partial charge in [-0.25, -0.2) is 9.18 Å². The largest absolute Gasteiger partial charge is 0.445 e. The molecule has 1 aliphatic rings. The van der Waals surface area contributed by atoms with E-state index < -0.39 is 6.09 Å². The third-order valence-corrected chi connectivity index (χ3v) is 4.49. The minimum absolute atomic E-state index is 0.0335. The van der Waals surface area contributed by atoms with E-state index in [-0.39, 0.29) is 24.4 Å². The van der Waals surface area contributed by atoms with Gasteiger partial charge in [0.2, 0.25) is 0 Å². The Bertz CT molecular complexity index is 693. The number of amides is 1. The molecule has 0 saturated carbocycles. The summed E-state index contributed by atoms with van der Waals surface area (Å²) < 4.78 is 19.6. The molecule has 24 heavy (non-hydrogen) atoms. The minimum atomic E-state index is -0.428. The van der Waals surface area contributed by atoms with Crippen LogP contribution in [0.4, 0.5) is 9.18 Å². The number of benzene rings is 2. The molecule has 2 atom stereocenters. The van der Waals surface area contributed by atoms with Crippen molar-refractivity contribution >= 4 is 6.09 Å². The molecule has 2 unspecified atom stereocenters. The molecule has 2 N–H and O–H groups in total. The van der Waals surface area contributed by atoms with Crippen LogP contribution in [0.5, 0.6) is 0 Å². The van der Waals surface area contributed by atoms with E-state index in [4.69, 9.17) is 10.5 Å². The fourth-order valence-electron chi connectivity index (χ4n) is 3.25. The van der Waals surface area contributed by atoms with Crippen molar-refractivity contribution in [3.63, 3.8) is 0 Å². The van der Waals surface area contributed by atoms with Crippen LogP contribution in [0.2, 0.25) is 0 Å². The Morgan fingerprint density at radius 3 is 2.58 bits per heavy atom. The second kappa shape index (κ2) is 7.45. The maximum atomic E-state index is 14.2. The second-order valence-corrected chi connectivity index (χ2v) is 5.98. The number of nitrogens with two attached hydrogens (primary N) is 1. The third kappa shape index (κ3) is 3.41. The van der Waals surface area contributed by atoms with Crippen molar-refractivity contribution in [2.75, 3.05) is 13.1 Å². The molecule has 5 heteroatoms. The topological polar surface area (TPSA) is 55.6 Å². The summed E-state index contributed by atoms with van der Waals surface area (Å²) in [5.74, 6) is -0.283. The van der Waals surface area contributed by atoms with E-state index in [1.165, 1.54) is 6.07 Å². The Morgan fingerprint density at radius 2 is 1.88 bits per heavy atom. The van der Waals surface area contributed by atoms with Gasteiger partial charge in [0.15, 0.2) is 0 Å². The first kappa shape index (κ1) is 16.5. The second-order valence-electron chi connectivity index (χ2n) is 5.98. The predicted molar refractivity (Wildman–Crippen MR) is 89.6 cm³/mol. The first-order chi connectivity index (χ1) is 11.7. The summed E-state index contributed by atoms with van der Waals surface area (Å²) in [7, 11) is 0. The highest BCUT2D eigenvalue weighted by Gasteiger charge is 2.39. The summed E-state index contributed by atoms with van der Waals surface area (Å²) in [4.78, 5) is 14.1. The zero-order valence-electron chi connectivity index (χ0n) is 13.4.